The first-order chi connectivity index (χ1) is 35.1. The van der Waals surface area contributed by atoms with Crippen molar-refractivity contribution in [1.82, 2.24) is 5.32 Å². The molecule has 2 atom stereocenters. The van der Waals surface area contributed by atoms with Gasteiger partial charge in [-0.05, 0) is 124 Å². The summed E-state index contributed by atoms with van der Waals surface area (Å²) >= 11 is 0.979. The molecule has 0 fully saturated rings. The Morgan fingerprint density at radius 1 is 0.838 bits per heavy atom. The maximum absolute atomic E-state index is 14.1. The van der Waals surface area contributed by atoms with Crippen molar-refractivity contribution < 1.29 is 46.3 Å². The summed E-state index contributed by atoms with van der Waals surface area (Å²) in [5, 5.41) is 15.9. The normalized spacial score (nSPS) is 23.0. The van der Waals surface area contributed by atoms with E-state index in [9.17, 15) is 17.8 Å². The standard InChI is InChI=1S/C59H63N5O8S2/c1-11-62-46-24-20-38(74(67,68)69)32-44(46)57(4,5)52(62)16-14-12-13-15-51-56(2,3)41-29-35(17-21-45(41)61(51)10)34-60-55(65)36-18-22-47-42(30-36)58(6,7)53-39-33-40-50(70-49(39)25-27-63(47)53)26-28-64-48-23-19-37(73-72-71-66)31-43(48)59(8,9)54(40)64/h12-24,29-33,49-50H,11,25-28,34H2,1-10H3,(H-2,60,65,66,67,68,69)/p+2. The van der Waals surface area contributed by atoms with Gasteiger partial charge in [-0.25, -0.2) is 5.26 Å². The lowest BCUT2D eigenvalue weighted by Crippen LogP contribution is -2.47. The Morgan fingerprint density at radius 2 is 1.58 bits per heavy atom. The average Bonchev–Trinajstić information content (AvgIpc) is 3.92. The lowest BCUT2D eigenvalue weighted by atomic mass is 9.74. The van der Waals surface area contributed by atoms with Crippen LogP contribution in [0.25, 0.3) is 0 Å². The van der Waals surface area contributed by atoms with Crippen LogP contribution in [0, 0.1) is 0 Å². The molecule has 74 heavy (non-hydrogen) atoms. The highest BCUT2D eigenvalue weighted by atomic mass is 32.2. The van der Waals surface area contributed by atoms with Gasteiger partial charge in [0.15, 0.2) is 18.0 Å². The summed E-state index contributed by atoms with van der Waals surface area (Å²) in [5.41, 5.74) is 16.1. The van der Waals surface area contributed by atoms with Crippen LogP contribution in [0.1, 0.15) is 113 Å². The van der Waals surface area contributed by atoms with Crippen LogP contribution in [0.5, 0.6) is 0 Å². The molecule has 0 bridgehead atoms. The number of fused-ring (bicyclic) bond motifs is 10. The number of nitrogens with zero attached hydrogens (tertiary/aromatic N) is 4. The largest absolute Gasteiger partial charge is 0.365 e. The van der Waals surface area contributed by atoms with Crippen LogP contribution < -0.4 is 15.1 Å². The first-order valence-electron chi connectivity index (χ1n) is 25.5. The number of amides is 1. The van der Waals surface area contributed by atoms with Crippen LogP contribution in [0.15, 0.2) is 142 Å². The van der Waals surface area contributed by atoms with E-state index >= 15 is 0 Å². The summed E-state index contributed by atoms with van der Waals surface area (Å²) in [5.74, 6) is -0.114. The Balaban J connectivity index is 0.789. The monoisotopic (exact) mass is 1040 g/mol. The van der Waals surface area contributed by atoms with Gasteiger partial charge < -0.3 is 19.9 Å². The molecule has 7 aliphatic heterocycles. The Kier molecular flexibility index (Phi) is 12.1. The van der Waals surface area contributed by atoms with Crippen LogP contribution >= 0.6 is 12.0 Å². The molecule has 15 heteroatoms. The SMILES string of the molecule is CCN1/C(=C/C=C/C=C/C2=[N+](C)c3ccc(CNC(=O)c4ccc5c(c4)C(C)(C)C4=C6C=C7C8=[N+](CCC7OC6CCN45)c4ccc(SOOO)cc4C8(C)C)cc3C2(C)C)C(C)(C)c2cc(S(=O)(=O)O)ccc21. The van der Waals surface area contributed by atoms with Crippen LogP contribution in [0.4, 0.5) is 22.7 Å². The molecule has 0 saturated carbocycles. The number of likely N-dealkylation sites (N-methyl/N-ethyl adjacent to an activating group) is 1. The predicted molar refractivity (Wildman–Crippen MR) is 290 cm³/mol. The third-order valence-corrected chi connectivity index (χ3v) is 18.3. The predicted octanol–water partition coefficient (Wildman–Crippen LogP) is 11.0. The molecule has 0 aliphatic carbocycles. The minimum Gasteiger partial charge on any atom is -0.365 e. The van der Waals surface area contributed by atoms with Crippen molar-refractivity contribution in [3.05, 3.63) is 165 Å². The van der Waals surface area contributed by atoms with Gasteiger partial charge >= 0.3 is 0 Å². The van der Waals surface area contributed by atoms with Crippen molar-refractivity contribution in [3.63, 3.8) is 0 Å². The van der Waals surface area contributed by atoms with Gasteiger partial charge in [-0.15, -0.1) is 4.33 Å². The quantitative estimate of drug-likeness (QED) is 0.0330. The zero-order valence-electron chi connectivity index (χ0n) is 43.7. The topological polar surface area (TPSA) is 144 Å². The zero-order chi connectivity index (χ0) is 52.4. The van der Waals surface area contributed by atoms with Gasteiger partial charge in [-0.3, -0.25) is 9.35 Å². The molecule has 3 N–H and O–H groups in total. The molecule has 2 unspecified atom stereocenters. The van der Waals surface area contributed by atoms with Gasteiger partial charge in [-0.1, -0.05) is 57.0 Å². The maximum Gasteiger partial charge on any atom is 0.294 e. The molecule has 0 radical (unpaired) electrons. The number of carbonyl (C=O) groups excluding carboxylic acids is 1. The highest BCUT2D eigenvalue weighted by Gasteiger charge is 2.55. The zero-order valence-corrected chi connectivity index (χ0v) is 45.4. The van der Waals surface area contributed by atoms with Gasteiger partial charge in [0.05, 0.1) is 40.0 Å². The minimum absolute atomic E-state index is 0.00520. The number of nitrogens with one attached hydrogen (secondary N) is 1. The van der Waals surface area contributed by atoms with Crippen LogP contribution in [0.2, 0.25) is 0 Å². The first kappa shape index (κ1) is 50.3. The summed E-state index contributed by atoms with van der Waals surface area (Å²) in [6.45, 7) is 22.6. The van der Waals surface area contributed by atoms with Gasteiger partial charge in [-0.2, -0.15) is 17.6 Å². The van der Waals surface area contributed by atoms with Crippen molar-refractivity contribution in [3.8, 4) is 0 Å². The van der Waals surface area contributed by atoms with E-state index in [1.54, 1.807) is 12.1 Å². The molecule has 4 aromatic rings. The van der Waals surface area contributed by atoms with E-state index in [4.69, 9.17) is 14.3 Å². The van der Waals surface area contributed by atoms with E-state index in [1.807, 2.05) is 24.3 Å². The number of ether oxygens (including phenoxy) is 1. The lowest BCUT2D eigenvalue weighted by Gasteiger charge is -2.42. The molecule has 0 saturated heterocycles. The fourth-order valence-corrected chi connectivity index (χ4v) is 14.2. The number of benzene rings is 4. The summed E-state index contributed by atoms with van der Waals surface area (Å²) in [6.07, 6.45) is 14.5. The van der Waals surface area contributed by atoms with Gasteiger partial charge in [0.2, 0.25) is 11.4 Å². The Bertz CT molecular complexity index is 3450. The van der Waals surface area contributed by atoms with Crippen LogP contribution in [-0.4, -0.2) is 83.6 Å². The van der Waals surface area contributed by atoms with E-state index in [2.05, 4.69) is 165 Å². The fraction of sp³-hybridized carbons (Fsp3) is 0.373. The molecule has 1 amide bonds. The molecule has 7 heterocycles. The molecule has 7 aliphatic rings. The molecule has 11 rings (SSSR count). The second-order valence-electron chi connectivity index (χ2n) is 22.6. The van der Waals surface area contributed by atoms with Gasteiger partial charge in [0.1, 0.15) is 7.05 Å². The lowest BCUT2D eigenvalue weighted by molar-refractivity contribution is -0.445. The number of carbonyl (C=O) groups is 1. The second kappa shape index (κ2) is 17.9. The van der Waals surface area contributed by atoms with Crippen molar-refractivity contribution in [2.75, 3.05) is 36.5 Å². The van der Waals surface area contributed by atoms with Crippen molar-refractivity contribution >= 4 is 62.2 Å². The van der Waals surface area contributed by atoms with Crippen molar-refractivity contribution in [1.29, 1.82) is 0 Å². The molecular weight excluding hydrogens is 971 g/mol. The summed E-state index contributed by atoms with van der Waals surface area (Å²) < 4.78 is 50.2. The fourth-order valence-electron chi connectivity index (χ4n) is 13.3. The third-order valence-electron chi connectivity index (χ3n) is 16.9. The van der Waals surface area contributed by atoms with E-state index in [0.29, 0.717) is 18.7 Å². The van der Waals surface area contributed by atoms with Gasteiger partial charge in [0, 0.05) is 111 Å². The van der Waals surface area contributed by atoms with E-state index in [1.165, 1.54) is 45.4 Å². The van der Waals surface area contributed by atoms with Gasteiger partial charge in [0.25, 0.3) is 16.0 Å². The number of hydrogen-bond donors (Lipinski definition) is 3. The molecule has 0 spiro atoms. The molecular formula is C59H65N5O8S2+2. The Morgan fingerprint density at radius 3 is 2.34 bits per heavy atom. The Labute approximate surface area is 438 Å². The number of hydrogen-bond acceptors (Lipinski definition) is 10. The van der Waals surface area contributed by atoms with Crippen LogP contribution in [-0.2, 0) is 52.4 Å². The first-order valence-corrected chi connectivity index (χ1v) is 27.7. The van der Waals surface area contributed by atoms with E-state index in [-0.39, 0.29) is 39.3 Å². The second-order valence-corrected chi connectivity index (χ2v) is 24.8. The van der Waals surface area contributed by atoms with Crippen molar-refractivity contribution in [2.45, 2.75) is 125 Å². The number of anilines is 2. The maximum atomic E-state index is 14.1. The third kappa shape index (κ3) is 7.83. The molecule has 13 nitrogen and oxygen atoms in total. The minimum atomic E-state index is -4.32. The molecule has 4 aromatic carbocycles. The summed E-state index contributed by atoms with van der Waals surface area (Å²) in [4.78, 5) is 19.5. The van der Waals surface area contributed by atoms with Crippen LogP contribution in [0.3, 0.4) is 0 Å². The van der Waals surface area contributed by atoms with E-state index in [0.717, 1.165) is 88.0 Å². The number of rotatable bonds is 11. The highest BCUT2D eigenvalue weighted by molar-refractivity contribution is 7.94. The highest BCUT2D eigenvalue weighted by Crippen LogP contribution is 2.55. The van der Waals surface area contributed by atoms with Crippen molar-refractivity contribution in [2.24, 2.45) is 0 Å². The number of allylic oxidation sites excluding steroid dienone is 7. The smallest absolute Gasteiger partial charge is 0.294 e. The summed E-state index contributed by atoms with van der Waals surface area (Å²) in [7, 11) is -2.23. The molecule has 384 valence electrons. The Hall–Kier alpha value is -5.91. The average molecular weight is 1040 g/mol. The summed E-state index contributed by atoms with van der Waals surface area (Å²) in [6, 6.07) is 23.7. The van der Waals surface area contributed by atoms with E-state index < -0.39 is 15.5 Å². The molecule has 0 aromatic heterocycles.